The third kappa shape index (κ3) is 2.33. The molecule has 0 unspecified atom stereocenters. The number of carbonyl (C=O) groups excluding carboxylic acids is 1. The van der Waals surface area contributed by atoms with Gasteiger partial charge in [0.2, 0.25) is 8.27 Å². The average Bonchev–Trinajstić information content (AvgIpc) is 2.15. The molecule has 1 aromatic carbocycles. The summed E-state index contributed by atoms with van der Waals surface area (Å²) in [6.07, 6.45) is 0. The van der Waals surface area contributed by atoms with Gasteiger partial charge in [-0.15, -0.1) is 0 Å². The zero-order chi connectivity index (χ0) is 10.8. The van der Waals surface area contributed by atoms with Crippen LogP contribution in [0.5, 0.6) is 0 Å². The maximum atomic E-state index is 11.2. The Balaban J connectivity index is 3.38. The van der Waals surface area contributed by atoms with Crippen molar-refractivity contribution in [3.05, 3.63) is 29.8 Å². The van der Waals surface area contributed by atoms with Crippen molar-refractivity contribution in [3.63, 3.8) is 0 Å². The van der Waals surface area contributed by atoms with Gasteiger partial charge >= 0.3 is 5.97 Å². The molecule has 6 heteroatoms. The van der Waals surface area contributed by atoms with Crippen molar-refractivity contribution in [1.82, 2.24) is 0 Å². The summed E-state index contributed by atoms with van der Waals surface area (Å²) >= 11 is 2.50. The number of methoxy groups -OCH3 is 1. The minimum Gasteiger partial charge on any atom is -0.465 e. The SMILES string of the molecule is COC(=O)c1ccccc1S(=O)(=O)Br. The Morgan fingerprint density at radius 2 is 1.93 bits per heavy atom. The predicted molar refractivity (Wildman–Crippen MR) is 53.9 cm³/mol. The van der Waals surface area contributed by atoms with Crippen molar-refractivity contribution in [2.24, 2.45) is 0 Å². The van der Waals surface area contributed by atoms with E-state index in [9.17, 15) is 13.2 Å². The summed E-state index contributed by atoms with van der Waals surface area (Å²) in [5, 5.41) is 0. The molecule has 0 bridgehead atoms. The Hall–Kier alpha value is -0.880. The van der Waals surface area contributed by atoms with E-state index in [0.29, 0.717) is 0 Å². The van der Waals surface area contributed by atoms with E-state index in [2.05, 4.69) is 19.5 Å². The molecule has 0 fully saturated rings. The number of halogens is 1. The molecule has 0 saturated heterocycles. The standard InChI is InChI=1S/C8H7BrO4S/c1-13-8(10)6-4-2-3-5-7(6)14(9,11)12/h2-5H,1H3. The molecule has 0 atom stereocenters. The van der Waals surface area contributed by atoms with Gasteiger partial charge in [0.05, 0.1) is 32.4 Å². The first-order chi connectivity index (χ1) is 6.46. The molecule has 0 amide bonds. The molecule has 0 aliphatic rings. The van der Waals surface area contributed by atoms with E-state index < -0.39 is 14.2 Å². The number of esters is 1. The van der Waals surface area contributed by atoms with Gasteiger partial charge in [0.1, 0.15) is 0 Å². The van der Waals surface area contributed by atoms with Crippen LogP contribution in [0.1, 0.15) is 10.4 Å². The van der Waals surface area contributed by atoms with E-state index in [-0.39, 0.29) is 10.5 Å². The fourth-order valence-electron chi connectivity index (χ4n) is 0.958. The number of hydrogen-bond donors (Lipinski definition) is 0. The lowest BCUT2D eigenvalue weighted by Gasteiger charge is -2.03. The van der Waals surface area contributed by atoms with Crippen LogP contribution >= 0.6 is 14.8 Å². The highest BCUT2D eigenvalue weighted by Gasteiger charge is 2.19. The van der Waals surface area contributed by atoms with Crippen molar-refractivity contribution in [1.29, 1.82) is 0 Å². The summed E-state index contributed by atoms with van der Waals surface area (Å²) in [6.45, 7) is 0. The molecule has 0 N–H and O–H groups in total. The van der Waals surface area contributed by atoms with Gasteiger partial charge in [-0.05, 0) is 12.1 Å². The molecule has 1 aromatic rings. The Labute approximate surface area is 89.0 Å². The highest BCUT2D eigenvalue weighted by molar-refractivity contribution is 9.47. The summed E-state index contributed by atoms with van der Waals surface area (Å²) in [5.41, 5.74) is 0.0203. The van der Waals surface area contributed by atoms with E-state index in [1.807, 2.05) is 0 Å². The highest BCUT2D eigenvalue weighted by Crippen LogP contribution is 2.21. The van der Waals surface area contributed by atoms with Gasteiger partial charge in [0.15, 0.2) is 0 Å². The monoisotopic (exact) mass is 278 g/mol. The largest absolute Gasteiger partial charge is 0.465 e. The number of rotatable bonds is 2. The van der Waals surface area contributed by atoms with Gasteiger partial charge in [0.25, 0.3) is 0 Å². The van der Waals surface area contributed by atoms with Crippen molar-refractivity contribution >= 4 is 29.1 Å². The summed E-state index contributed by atoms with van der Waals surface area (Å²) < 4.78 is 26.8. The topological polar surface area (TPSA) is 60.4 Å². The van der Waals surface area contributed by atoms with Crippen molar-refractivity contribution in [2.45, 2.75) is 4.90 Å². The molecule has 0 radical (unpaired) electrons. The Morgan fingerprint density at radius 3 is 2.43 bits per heavy atom. The van der Waals surface area contributed by atoms with E-state index in [1.54, 1.807) is 6.07 Å². The second-order valence-corrected chi connectivity index (χ2v) is 6.30. The number of benzene rings is 1. The first-order valence-corrected chi connectivity index (χ1v) is 6.91. The molecule has 1 rings (SSSR count). The zero-order valence-corrected chi connectivity index (χ0v) is 9.63. The van der Waals surface area contributed by atoms with Gasteiger partial charge in [-0.2, -0.15) is 0 Å². The summed E-state index contributed by atoms with van der Waals surface area (Å²) in [4.78, 5) is 11.1. The molecule has 0 spiro atoms. The third-order valence-electron chi connectivity index (χ3n) is 1.56. The summed E-state index contributed by atoms with van der Waals surface area (Å²) in [7, 11) is -2.38. The third-order valence-corrected chi connectivity index (χ3v) is 3.48. The maximum absolute atomic E-state index is 11.2. The Bertz CT molecular complexity index is 452. The molecule has 4 nitrogen and oxygen atoms in total. The van der Waals surface area contributed by atoms with Crippen molar-refractivity contribution in [3.8, 4) is 0 Å². The minimum atomic E-state index is -3.58. The Kier molecular flexibility index (Phi) is 3.28. The molecule has 14 heavy (non-hydrogen) atoms. The second kappa shape index (κ2) is 4.10. The van der Waals surface area contributed by atoms with Gasteiger partial charge in [-0.3, -0.25) is 0 Å². The van der Waals surface area contributed by atoms with Gasteiger partial charge < -0.3 is 4.74 Å². The van der Waals surface area contributed by atoms with Gasteiger partial charge in [-0.25, -0.2) is 13.2 Å². The normalized spacial score (nSPS) is 11.0. The molecule has 0 heterocycles. The molecule has 0 saturated carbocycles. The molecule has 76 valence electrons. The van der Waals surface area contributed by atoms with E-state index in [4.69, 9.17) is 0 Å². The van der Waals surface area contributed by atoms with Crippen LogP contribution in [-0.4, -0.2) is 21.5 Å². The van der Waals surface area contributed by atoms with E-state index >= 15 is 0 Å². The fraction of sp³-hybridized carbons (Fsp3) is 0.125. The number of hydrogen-bond acceptors (Lipinski definition) is 4. The molecular formula is C8H7BrO4S. The highest BCUT2D eigenvalue weighted by atomic mass is 79.9. The van der Waals surface area contributed by atoms with Crippen LogP contribution in [0.25, 0.3) is 0 Å². The van der Waals surface area contributed by atoms with Crippen LogP contribution in [0.4, 0.5) is 0 Å². The van der Waals surface area contributed by atoms with E-state index in [1.165, 1.54) is 25.3 Å². The molecule has 0 aliphatic heterocycles. The number of ether oxygens (including phenoxy) is 1. The fourth-order valence-corrected chi connectivity index (χ4v) is 2.46. The predicted octanol–water partition coefficient (Wildman–Crippen LogP) is 1.56. The molecule has 0 aromatic heterocycles. The Morgan fingerprint density at radius 1 is 1.36 bits per heavy atom. The van der Waals surface area contributed by atoms with Crippen LogP contribution in [0.2, 0.25) is 0 Å². The van der Waals surface area contributed by atoms with Gasteiger partial charge in [0, 0.05) is 0 Å². The lowest BCUT2D eigenvalue weighted by molar-refractivity contribution is 0.0596. The first-order valence-electron chi connectivity index (χ1n) is 3.59. The van der Waals surface area contributed by atoms with Gasteiger partial charge in [-0.1, -0.05) is 12.1 Å². The molecular weight excluding hydrogens is 272 g/mol. The van der Waals surface area contributed by atoms with Crippen LogP contribution < -0.4 is 0 Å². The van der Waals surface area contributed by atoms with E-state index in [0.717, 1.165) is 0 Å². The smallest absolute Gasteiger partial charge is 0.339 e. The van der Waals surface area contributed by atoms with Crippen LogP contribution in [0, 0.1) is 0 Å². The van der Waals surface area contributed by atoms with Crippen LogP contribution in [0.15, 0.2) is 29.2 Å². The van der Waals surface area contributed by atoms with Crippen LogP contribution in [0.3, 0.4) is 0 Å². The van der Waals surface area contributed by atoms with Crippen LogP contribution in [-0.2, 0) is 13.0 Å². The summed E-state index contributed by atoms with van der Waals surface area (Å²) in [6, 6.07) is 5.81. The zero-order valence-electron chi connectivity index (χ0n) is 7.23. The quantitative estimate of drug-likeness (QED) is 0.609. The minimum absolute atomic E-state index is 0.0203. The lowest BCUT2D eigenvalue weighted by Crippen LogP contribution is -2.06. The second-order valence-electron chi connectivity index (χ2n) is 2.43. The first kappa shape index (κ1) is 11.2. The average molecular weight is 279 g/mol. The molecule has 0 aliphatic carbocycles. The van der Waals surface area contributed by atoms with Crippen molar-refractivity contribution < 1.29 is 17.9 Å². The van der Waals surface area contributed by atoms with Crippen molar-refractivity contribution in [2.75, 3.05) is 7.11 Å². The lowest BCUT2D eigenvalue weighted by atomic mass is 10.2. The number of carbonyl (C=O) groups is 1. The summed E-state index contributed by atoms with van der Waals surface area (Å²) in [5.74, 6) is -0.677. The maximum Gasteiger partial charge on any atom is 0.339 e.